The number of hydrogen-bond donors (Lipinski definition) is 1. The molecule has 0 fully saturated rings. The molecule has 78 valence electrons. The van der Waals surface area contributed by atoms with Crippen LogP contribution in [0.5, 0.6) is 0 Å². The topological polar surface area (TPSA) is 42.2 Å². The molecule has 0 atom stereocenters. The SMILES string of the molecule is Cn1cc(Cl)c2ccc(CC(=O)O)cc21. The van der Waals surface area contributed by atoms with Crippen LogP contribution in [0.15, 0.2) is 24.4 Å². The second-order valence-corrected chi connectivity index (χ2v) is 3.92. The second-order valence-electron chi connectivity index (χ2n) is 3.51. The van der Waals surface area contributed by atoms with Gasteiger partial charge in [-0.3, -0.25) is 4.79 Å². The predicted octanol–water partition coefficient (Wildman–Crippen LogP) is 2.46. The highest BCUT2D eigenvalue weighted by molar-refractivity contribution is 6.35. The van der Waals surface area contributed by atoms with E-state index in [4.69, 9.17) is 16.7 Å². The number of fused-ring (bicyclic) bond motifs is 1. The molecule has 1 N–H and O–H groups in total. The van der Waals surface area contributed by atoms with Crippen LogP contribution in [0.4, 0.5) is 0 Å². The maximum absolute atomic E-state index is 10.6. The number of carboxylic acids is 1. The number of aryl methyl sites for hydroxylation is 1. The first-order chi connectivity index (χ1) is 7.08. The van der Waals surface area contributed by atoms with E-state index in [0.717, 1.165) is 16.5 Å². The minimum absolute atomic E-state index is 0.0404. The monoisotopic (exact) mass is 223 g/mol. The number of nitrogens with zero attached hydrogens (tertiary/aromatic N) is 1. The molecule has 0 aliphatic heterocycles. The molecule has 4 heteroatoms. The summed E-state index contributed by atoms with van der Waals surface area (Å²) in [5.74, 6) is -0.824. The Hall–Kier alpha value is -1.48. The Bertz CT molecular complexity index is 531. The zero-order chi connectivity index (χ0) is 11.0. The standard InChI is InChI=1S/C11H10ClNO2/c1-13-6-9(12)8-3-2-7(4-10(8)13)5-11(14)15/h2-4,6H,5H2,1H3,(H,14,15). The summed E-state index contributed by atoms with van der Waals surface area (Å²) in [6.07, 6.45) is 1.86. The van der Waals surface area contributed by atoms with Crippen LogP contribution in [0.1, 0.15) is 5.56 Å². The molecule has 2 rings (SSSR count). The number of hydrogen-bond acceptors (Lipinski definition) is 1. The van der Waals surface area contributed by atoms with Crippen LogP contribution in [0.25, 0.3) is 10.9 Å². The van der Waals surface area contributed by atoms with E-state index in [1.165, 1.54) is 0 Å². The van der Waals surface area contributed by atoms with E-state index in [1.54, 1.807) is 6.07 Å². The third-order valence-electron chi connectivity index (χ3n) is 2.36. The fourth-order valence-electron chi connectivity index (χ4n) is 1.66. The summed E-state index contributed by atoms with van der Waals surface area (Å²) >= 11 is 6.00. The molecule has 1 aromatic heterocycles. The number of aromatic nitrogens is 1. The summed E-state index contributed by atoms with van der Waals surface area (Å²) in [7, 11) is 1.89. The fraction of sp³-hybridized carbons (Fsp3) is 0.182. The van der Waals surface area contributed by atoms with Crippen molar-refractivity contribution in [1.29, 1.82) is 0 Å². The average molecular weight is 224 g/mol. The van der Waals surface area contributed by atoms with Crippen LogP contribution in [-0.2, 0) is 18.3 Å². The maximum atomic E-state index is 10.6. The molecule has 1 heterocycles. The van der Waals surface area contributed by atoms with Gasteiger partial charge in [0.15, 0.2) is 0 Å². The van der Waals surface area contributed by atoms with E-state index in [1.807, 2.05) is 29.9 Å². The first-order valence-corrected chi connectivity index (χ1v) is 4.91. The highest BCUT2D eigenvalue weighted by atomic mass is 35.5. The summed E-state index contributed by atoms with van der Waals surface area (Å²) in [4.78, 5) is 10.6. The molecule has 1 aromatic carbocycles. The third kappa shape index (κ3) is 1.83. The minimum Gasteiger partial charge on any atom is -0.481 e. The van der Waals surface area contributed by atoms with Crippen molar-refractivity contribution in [3.63, 3.8) is 0 Å². The normalized spacial score (nSPS) is 10.8. The van der Waals surface area contributed by atoms with E-state index in [0.29, 0.717) is 5.02 Å². The number of benzene rings is 1. The van der Waals surface area contributed by atoms with Crippen LogP contribution in [0, 0.1) is 0 Å². The van der Waals surface area contributed by atoms with Crippen molar-refractivity contribution in [2.24, 2.45) is 7.05 Å². The Labute approximate surface area is 91.9 Å². The molecule has 3 nitrogen and oxygen atoms in total. The average Bonchev–Trinajstić information content (AvgIpc) is 2.41. The molecule has 0 radical (unpaired) electrons. The minimum atomic E-state index is -0.824. The first kappa shape index (κ1) is 10.1. The quantitative estimate of drug-likeness (QED) is 0.850. The van der Waals surface area contributed by atoms with Gasteiger partial charge in [-0.1, -0.05) is 23.7 Å². The number of aliphatic carboxylic acids is 1. The van der Waals surface area contributed by atoms with Crippen LogP contribution in [0.2, 0.25) is 5.02 Å². The molecule has 0 bridgehead atoms. The number of halogens is 1. The number of rotatable bonds is 2. The second kappa shape index (κ2) is 3.59. The van der Waals surface area contributed by atoms with E-state index < -0.39 is 5.97 Å². The van der Waals surface area contributed by atoms with Gasteiger partial charge in [0, 0.05) is 24.1 Å². The van der Waals surface area contributed by atoms with E-state index in [9.17, 15) is 4.79 Å². The fourth-order valence-corrected chi connectivity index (χ4v) is 1.97. The van der Waals surface area contributed by atoms with Gasteiger partial charge in [0.25, 0.3) is 0 Å². The lowest BCUT2D eigenvalue weighted by atomic mass is 10.1. The third-order valence-corrected chi connectivity index (χ3v) is 2.66. The van der Waals surface area contributed by atoms with E-state index in [2.05, 4.69) is 0 Å². The van der Waals surface area contributed by atoms with Gasteiger partial charge < -0.3 is 9.67 Å². The van der Waals surface area contributed by atoms with Gasteiger partial charge in [-0.15, -0.1) is 0 Å². The highest BCUT2D eigenvalue weighted by Crippen LogP contribution is 2.25. The lowest BCUT2D eigenvalue weighted by Gasteiger charge is -1.99. The Morgan fingerprint density at radius 3 is 2.93 bits per heavy atom. The Morgan fingerprint density at radius 2 is 2.27 bits per heavy atom. The van der Waals surface area contributed by atoms with Crippen molar-refractivity contribution >= 4 is 28.5 Å². The Balaban J connectivity index is 2.55. The van der Waals surface area contributed by atoms with Gasteiger partial charge in [-0.2, -0.15) is 0 Å². The Kier molecular flexibility index (Phi) is 2.40. The molecule has 0 amide bonds. The van der Waals surface area contributed by atoms with Gasteiger partial charge in [0.1, 0.15) is 0 Å². The van der Waals surface area contributed by atoms with E-state index in [-0.39, 0.29) is 6.42 Å². The largest absolute Gasteiger partial charge is 0.481 e. The molecule has 0 unspecified atom stereocenters. The van der Waals surface area contributed by atoms with Crippen LogP contribution in [-0.4, -0.2) is 15.6 Å². The van der Waals surface area contributed by atoms with Crippen molar-refractivity contribution in [3.05, 3.63) is 35.0 Å². The molecule has 0 aliphatic carbocycles. The van der Waals surface area contributed by atoms with Crippen molar-refractivity contribution < 1.29 is 9.90 Å². The van der Waals surface area contributed by atoms with Gasteiger partial charge in [0.05, 0.1) is 11.4 Å². The molecular weight excluding hydrogens is 214 g/mol. The zero-order valence-electron chi connectivity index (χ0n) is 8.20. The molecule has 0 aliphatic rings. The Morgan fingerprint density at radius 1 is 1.53 bits per heavy atom. The van der Waals surface area contributed by atoms with Gasteiger partial charge in [-0.05, 0) is 11.6 Å². The van der Waals surface area contributed by atoms with Crippen LogP contribution < -0.4 is 0 Å². The van der Waals surface area contributed by atoms with Crippen molar-refractivity contribution in [1.82, 2.24) is 4.57 Å². The lowest BCUT2D eigenvalue weighted by Crippen LogP contribution is -1.99. The molecule has 15 heavy (non-hydrogen) atoms. The molecule has 0 spiro atoms. The van der Waals surface area contributed by atoms with E-state index >= 15 is 0 Å². The predicted molar refractivity (Wildman–Crippen MR) is 59.3 cm³/mol. The van der Waals surface area contributed by atoms with Crippen LogP contribution >= 0.6 is 11.6 Å². The highest BCUT2D eigenvalue weighted by Gasteiger charge is 2.06. The van der Waals surface area contributed by atoms with Gasteiger partial charge in [-0.25, -0.2) is 0 Å². The maximum Gasteiger partial charge on any atom is 0.307 e. The number of carbonyl (C=O) groups is 1. The molecule has 0 saturated heterocycles. The summed E-state index contributed by atoms with van der Waals surface area (Å²) in [6.45, 7) is 0. The molecular formula is C11H10ClNO2. The van der Waals surface area contributed by atoms with Crippen molar-refractivity contribution in [3.8, 4) is 0 Å². The lowest BCUT2D eigenvalue weighted by molar-refractivity contribution is -0.136. The van der Waals surface area contributed by atoms with Crippen molar-refractivity contribution in [2.75, 3.05) is 0 Å². The summed E-state index contributed by atoms with van der Waals surface area (Å²) in [5.41, 5.74) is 1.74. The molecule has 0 saturated carbocycles. The van der Waals surface area contributed by atoms with Gasteiger partial charge >= 0.3 is 5.97 Å². The molecule has 2 aromatic rings. The first-order valence-electron chi connectivity index (χ1n) is 4.53. The summed E-state index contributed by atoms with van der Waals surface area (Å²) in [5, 5.41) is 10.3. The number of carboxylic acid groups (broad SMARTS) is 1. The van der Waals surface area contributed by atoms with Gasteiger partial charge in [0.2, 0.25) is 0 Å². The summed E-state index contributed by atoms with van der Waals surface area (Å²) in [6, 6.07) is 5.51. The van der Waals surface area contributed by atoms with Crippen molar-refractivity contribution in [2.45, 2.75) is 6.42 Å². The zero-order valence-corrected chi connectivity index (χ0v) is 8.95. The summed E-state index contributed by atoms with van der Waals surface area (Å²) < 4.78 is 1.89. The van der Waals surface area contributed by atoms with Crippen LogP contribution in [0.3, 0.4) is 0 Å². The smallest absolute Gasteiger partial charge is 0.307 e.